The molecule has 4 rings (SSSR count). The van der Waals surface area contributed by atoms with Crippen LogP contribution < -0.4 is 19.9 Å². The lowest BCUT2D eigenvalue weighted by Crippen LogP contribution is -3.16. The van der Waals surface area contributed by atoms with E-state index < -0.39 is 5.54 Å². The standard InChI is InChI=1S/C22H25ClN4O3/c1-22(16-5-3-8-19(13-16)30-2)20(28)27(21(29)24-22)15-25-9-11-26(12-10-25)18-7-4-6-17(23)14-18/h3-8,13-14H,9-12,15H2,1-2H3,(H,24,29)/p+1/t22-/m1/s1. The van der Waals surface area contributed by atoms with E-state index in [1.807, 2.05) is 42.5 Å². The zero-order chi connectivity index (χ0) is 21.3. The molecule has 2 fully saturated rings. The summed E-state index contributed by atoms with van der Waals surface area (Å²) in [5.41, 5.74) is 0.721. The third-order valence-electron chi connectivity index (χ3n) is 5.95. The van der Waals surface area contributed by atoms with E-state index >= 15 is 0 Å². The van der Waals surface area contributed by atoms with Gasteiger partial charge in [0.05, 0.1) is 33.3 Å². The second kappa shape index (κ2) is 8.16. The summed E-state index contributed by atoms with van der Waals surface area (Å²) < 4.78 is 5.27. The smallest absolute Gasteiger partial charge is 0.329 e. The fourth-order valence-corrected chi connectivity index (χ4v) is 4.29. The number of methoxy groups -OCH3 is 1. The number of quaternary nitrogens is 1. The topological polar surface area (TPSA) is 66.3 Å². The highest BCUT2D eigenvalue weighted by Gasteiger charge is 2.50. The lowest BCUT2D eigenvalue weighted by molar-refractivity contribution is -0.907. The second-order valence-corrected chi connectivity index (χ2v) is 8.33. The summed E-state index contributed by atoms with van der Waals surface area (Å²) in [7, 11) is 1.58. The molecule has 7 nitrogen and oxygen atoms in total. The first-order valence-corrected chi connectivity index (χ1v) is 10.4. The van der Waals surface area contributed by atoms with Gasteiger partial charge in [0, 0.05) is 10.7 Å². The number of nitrogens with one attached hydrogen (secondary N) is 2. The van der Waals surface area contributed by atoms with E-state index in [0.29, 0.717) is 18.0 Å². The quantitative estimate of drug-likeness (QED) is 0.706. The van der Waals surface area contributed by atoms with Crippen molar-refractivity contribution in [3.8, 4) is 5.75 Å². The number of carbonyl (C=O) groups is 2. The van der Waals surface area contributed by atoms with Crippen molar-refractivity contribution < 1.29 is 19.2 Å². The number of imide groups is 1. The van der Waals surface area contributed by atoms with Crippen LogP contribution >= 0.6 is 11.6 Å². The second-order valence-electron chi connectivity index (χ2n) is 7.90. The number of hydrogen-bond acceptors (Lipinski definition) is 4. The Labute approximate surface area is 181 Å². The van der Waals surface area contributed by atoms with Gasteiger partial charge in [-0.1, -0.05) is 29.8 Å². The molecule has 0 aromatic heterocycles. The Morgan fingerprint density at radius 2 is 1.87 bits per heavy atom. The monoisotopic (exact) mass is 429 g/mol. The largest absolute Gasteiger partial charge is 0.497 e. The van der Waals surface area contributed by atoms with E-state index in [1.165, 1.54) is 9.80 Å². The third-order valence-corrected chi connectivity index (χ3v) is 6.18. The zero-order valence-corrected chi connectivity index (χ0v) is 17.9. The number of hydrogen-bond donors (Lipinski definition) is 2. The Bertz CT molecular complexity index is 961. The minimum atomic E-state index is -1.09. The number of carbonyl (C=O) groups excluding carboxylic acids is 2. The van der Waals surface area contributed by atoms with Gasteiger partial charge in [-0.25, -0.2) is 9.69 Å². The normalized spacial score (nSPS) is 22.4. The van der Waals surface area contributed by atoms with Crippen LogP contribution in [0.1, 0.15) is 12.5 Å². The Morgan fingerprint density at radius 3 is 2.57 bits per heavy atom. The maximum absolute atomic E-state index is 13.2. The summed E-state index contributed by atoms with van der Waals surface area (Å²) in [4.78, 5) is 30.7. The maximum atomic E-state index is 13.2. The Kier molecular flexibility index (Phi) is 5.58. The van der Waals surface area contributed by atoms with Crippen LogP contribution in [0, 0.1) is 0 Å². The predicted octanol–water partition coefficient (Wildman–Crippen LogP) is 1.48. The fraction of sp³-hybridized carbons (Fsp3) is 0.364. The van der Waals surface area contributed by atoms with Crippen LogP contribution in [0.2, 0.25) is 5.02 Å². The number of anilines is 1. The first-order chi connectivity index (χ1) is 14.4. The molecule has 0 radical (unpaired) electrons. The van der Waals surface area contributed by atoms with Crippen molar-refractivity contribution in [1.82, 2.24) is 10.2 Å². The van der Waals surface area contributed by atoms with Gasteiger partial charge in [-0.2, -0.15) is 0 Å². The highest BCUT2D eigenvalue weighted by molar-refractivity contribution is 6.30. The fourth-order valence-electron chi connectivity index (χ4n) is 4.11. The van der Waals surface area contributed by atoms with Crippen molar-refractivity contribution in [2.75, 3.05) is 44.9 Å². The van der Waals surface area contributed by atoms with Crippen LogP contribution in [-0.4, -0.2) is 56.8 Å². The summed E-state index contributed by atoms with van der Waals surface area (Å²) in [5.74, 6) is 0.419. The van der Waals surface area contributed by atoms with Crippen LogP contribution in [0.15, 0.2) is 48.5 Å². The summed E-state index contributed by atoms with van der Waals surface area (Å²) in [6.45, 7) is 5.44. The van der Waals surface area contributed by atoms with Crippen molar-refractivity contribution in [2.24, 2.45) is 0 Å². The minimum Gasteiger partial charge on any atom is -0.497 e. The lowest BCUT2D eigenvalue weighted by atomic mass is 9.92. The number of ether oxygens (including phenoxy) is 1. The molecule has 0 spiro atoms. The molecule has 0 bridgehead atoms. The Hall–Kier alpha value is -2.77. The number of urea groups is 1. The maximum Gasteiger partial charge on any atom is 0.329 e. The molecule has 2 aliphatic heterocycles. The molecule has 1 atom stereocenters. The lowest BCUT2D eigenvalue weighted by Gasteiger charge is -2.34. The molecule has 2 heterocycles. The van der Waals surface area contributed by atoms with Gasteiger partial charge in [0.25, 0.3) is 5.91 Å². The molecule has 0 aliphatic carbocycles. The molecule has 2 N–H and O–H groups in total. The van der Waals surface area contributed by atoms with Crippen LogP contribution in [0.25, 0.3) is 0 Å². The first kappa shape index (κ1) is 20.5. The van der Waals surface area contributed by atoms with Gasteiger partial charge >= 0.3 is 6.03 Å². The first-order valence-electron chi connectivity index (χ1n) is 10.0. The highest BCUT2D eigenvalue weighted by atomic mass is 35.5. The Balaban J connectivity index is 1.42. The molecule has 158 valence electrons. The van der Waals surface area contributed by atoms with Crippen molar-refractivity contribution in [2.45, 2.75) is 12.5 Å². The highest BCUT2D eigenvalue weighted by Crippen LogP contribution is 2.30. The van der Waals surface area contributed by atoms with Crippen molar-refractivity contribution in [1.29, 1.82) is 0 Å². The number of benzene rings is 2. The van der Waals surface area contributed by atoms with E-state index in [0.717, 1.165) is 36.9 Å². The molecule has 2 aliphatic rings. The average Bonchev–Trinajstić information content (AvgIpc) is 2.98. The number of rotatable bonds is 5. The Morgan fingerprint density at radius 1 is 1.13 bits per heavy atom. The van der Waals surface area contributed by atoms with E-state index in [4.69, 9.17) is 16.3 Å². The van der Waals surface area contributed by atoms with Gasteiger partial charge in [0.1, 0.15) is 11.3 Å². The van der Waals surface area contributed by atoms with Crippen molar-refractivity contribution >= 4 is 29.2 Å². The van der Waals surface area contributed by atoms with Crippen molar-refractivity contribution in [3.63, 3.8) is 0 Å². The van der Waals surface area contributed by atoms with Gasteiger partial charge in [-0.15, -0.1) is 0 Å². The molecule has 2 aromatic rings. The zero-order valence-electron chi connectivity index (χ0n) is 17.2. The SMILES string of the molecule is COc1cccc([C@@]2(C)NC(=O)N(C[NH+]3CCN(c4cccc(Cl)c4)CC3)C2=O)c1. The van der Waals surface area contributed by atoms with Gasteiger partial charge in [-0.05, 0) is 42.8 Å². The van der Waals surface area contributed by atoms with E-state index in [2.05, 4.69) is 10.2 Å². The molecular formula is C22H26ClN4O3+. The number of halogens is 1. The molecule has 2 aromatic carbocycles. The van der Waals surface area contributed by atoms with E-state index in [-0.39, 0.29) is 11.9 Å². The summed E-state index contributed by atoms with van der Waals surface area (Å²) in [6, 6.07) is 14.7. The number of piperazine rings is 1. The molecule has 8 heteroatoms. The van der Waals surface area contributed by atoms with Crippen LogP contribution in [0.5, 0.6) is 5.75 Å². The minimum absolute atomic E-state index is 0.231. The molecular weight excluding hydrogens is 404 g/mol. The number of amides is 3. The molecule has 2 saturated heterocycles. The third kappa shape index (κ3) is 3.82. The van der Waals surface area contributed by atoms with Crippen LogP contribution in [-0.2, 0) is 10.3 Å². The number of nitrogens with zero attached hydrogens (tertiary/aromatic N) is 2. The van der Waals surface area contributed by atoms with Gasteiger partial charge in [0.15, 0.2) is 6.67 Å². The summed E-state index contributed by atoms with van der Waals surface area (Å²) in [6.07, 6.45) is 0. The summed E-state index contributed by atoms with van der Waals surface area (Å²) >= 11 is 6.11. The predicted molar refractivity (Wildman–Crippen MR) is 115 cm³/mol. The van der Waals surface area contributed by atoms with E-state index in [1.54, 1.807) is 20.1 Å². The summed E-state index contributed by atoms with van der Waals surface area (Å²) in [5, 5.41) is 3.59. The average molecular weight is 430 g/mol. The molecule has 0 unspecified atom stereocenters. The molecule has 30 heavy (non-hydrogen) atoms. The van der Waals surface area contributed by atoms with Crippen LogP contribution in [0.3, 0.4) is 0 Å². The van der Waals surface area contributed by atoms with E-state index in [9.17, 15) is 9.59 Å². The van der Waals surface area contributed by atoms with Crippen LogP contribution in [0.4, 0.5) is 10.5 Å². The van der Waals surface area contributed by atoms with Gasteiger partial charge in [0.2, 0.25) is 0 Å². The molecule has 3 amide bonds. The molecule has 0 saturated carbocycles. The van der Waals surface area contributed by atoms with Gasteiger partial charge < -0.3 is 19.9 Å². The van der Waals surface area contributed by atoms with Crippen molar-refractivity contribution in [3.05, 3.63) is 59.1 Å². The van der Waals surface area contributed by atoms with Gasteiger partial charge in [-0.3, -0.25) is 4.79 Å².